The lowest BCUT2D eigenvalue weighted by molar-refractivity contribution is 0.0930. The largest absolute Gasteiger partial charge is 0.350 e. The van der Waals surface area contributed by atoms with E-state index in [1.165, 1.54) is 18.2 Å². The Labute approximate surface area is 181 Å². The third-order valence-corrected chi connectivity index (χ3v) is 5.44. The summed E-state index contributed by atoms with van der Waals surface area (Å²) in [5.74, 6) is 0.282. The van der Waals surface area contributed by atoms with Gasteiger partial charge in [0.05, 0.1) is 11.7 Å². The highest BCUT2D eigenvalue weighted by atomic mass is 32.2. The van der Waals surface area contributed by atoms with Crippen LogP contribution in [0.3, 0.4) is 0 Å². The Morgan fingerprint density at radius 2 is 2.06 bits per heavy atom. The molecule has 0 fully saturated rings. The van der Waals surface area contributed by atoms with Crippen LogP contribution in [-0.4, -0.2) is 37.9 Å². The molecule has 3 aromatic heterocycles. The number of pyridine rings is 1. The molecule has 31 heavy (non-hydrogen) atoms. The lowest BCUT2D eigenvalue weighted by Crippen LogP contribution is -2.31. The molecular weight excluding hydrogens is 417 g/mol. The fraction of sp³-hybridized carbons (Fsp3) is 0.182. The maximum Gasteiger partial charge on any atom is 0.268 e. The zero-order valence-corrected chi connectivity index (χ0v) is 17.5. The van der Waals surface area contributed by atoms with Crippen LogP contribution < -0.4 is 10.9 Å². The van der Waals surface area contributed by atoms with E-state index < -0.39 is 17.8 Å². The number of carbonyl (C=O) groups is 1. The van der Waals surface area contributed by atoms with E-state index in [9.17, 15) is 14.0 Å². The number of benzene rings is 1. The molecule has 3 N–H and O–H groups in total. The first-order chi connectivity index (χ1) is 15.0. The molecule has 7 nitrogen and oxygen atoms in total. The van der Waals surface area contributed by atoms with Gasteiger partial charge in [0.1, 0.15) is 17.2 Å². The zero-order chi connectivity index (χ0) is 21.8. The molecular formula is C22H20FN5O2S. The van der Waals surface area contributed by atoms with Gasteiger partial charge < -0.3 is 15.3 Å². The standard InChI is InChI=1S/C22H20FN5O2S/c1-31-10-8-16(18-12-20(29)28-21(26-18)17-6-2-3-9-24-17)27-22(30)19-11-13-14(23)5-4-7-15(13)25-19/h2-7,9,11-12,16,25H,8,10H2,1H3,(H,27,30)(H,26,28,29). The first kappa shape index (κ1) is 20.8. The lowest BCUT2D eigenvalue weighted by atomic mass is 10.1. The molecule has 0 spiro atoms. The number of halogens is 1. The normalized spacial score (nSPS) is 12.1. The van der Waals surface area contributed by atoms with Crippen LogP contribution in [0.5, 0.6) is 0 Å². The van der Waals surface area contributed by atoms with Gasteiger partial charge in [-0.15, -0.1) is 0 Å². The average molecular weight is 438 g/mol. The Kier molecular flexibility index (Phi) is 6.13. The smallest absolute Gasteiger partial charge is 0.268 e. The summed E-state index contributed by atoms with van der Waals surface area (Å²) in [6.45, 7) is 0. The molecule has 0 saturated heterocycles. The van der Waals surface area contributed by atoms with E-state index in [2.05, 4.69) is 25.3 Å². The third-order valence-electron chi connectivity index (χ3n) is 4.80. The number of H-pyrrole nitrogens is 2. The van der Waals surface area contributed by atoms with Gasteiger partial charge >= 0.3 is 0 Å². The van der Waals surface area contributed by atoms with Gasteiger partial charge in [0.15, 0.2) is 5.82 Å². The summed E-state index contributed by atoms with van der Waals surface area (Å²) in [5, 5.41) is 3.28. The molecule has 3 heterocycles. The third kappa shape index (κ3) is 4.66. The van der Waals surface area contributed by atoms with Crippen molar-refractivity contribution in [3.63, 3.8) is 0 Å². The summed E-state index contributed by atoms with van der Waals surface area (Å²) >= 11 is 1.62. The Balaban J connectivity index is 1.65. The molecule has 0 radical (unpaired) electrons. The second-order valence-electron chi connectivity index (χ2n) is 6.93. The van der Waals surface area contributed by atoms with E-state index in [1.54, 1.807) is 48.3 Å². The number of aromatic nitrogens is 4. The molecule has 0 saturated carbocycles. The van der Waals surface area contributed by atoms with Crippen LogP contribution in [0.25, 0.3) is 22.4 Å². The van der Waals surface area contributed by atoms with E-state index in [4.69, 9.17) is 0 Å². The summed E-state index contributed by atoms with van der Waals surface area (Å²) in [7, 11) is 0. The number of hydrogen-bond acceptors (Lipinski definition) is 5. The van der Waals surface area contributed by atoms with Crippen molar-refractivity contribution < 1.29 is 9.18 Å². The molecule has 1 aromatic carbocycles. The van der Waals surface area contributed by atoms with Crippen LogP contribution in [0.1, 0.15) is 28.6 Å². The van der Waals surface area contributed by atoms with Gasteiger partial charge in [-0.05, 0) is 48.8 Å². The highest BCUT2D eigenvalue weighted by Gasteiger charge is 2.20. The molecule has 0 aliphatic rings. The number of fused-ring (bicyclic) bond motifs is 1. The molecule has 0 aliphatic heterocycles. The summed E-state index contributed by atoms with van der Waals surface area (Å²) in [6.07, 6.45) is 4.15. The van der Waals surface area contributed by atoms with Gasteiger partial charge in [0.2, 0.25) is 0 Å². The van der Waals surface area contributed by atoms with Gasteiger partial charge in [0, 0.05) is 23.2 Å². The average Bonchev–Trinajstić information content (AvgIpc) is 3.23. The number of amides is 1. The molecule has 0 bridgehead atoms. The number of hydrogen-bond donors (Lipinski definition) is 3. The summed E-state index contributed by atoms with van der Waals surface area (Å²) in [6, 6.07) is 12.3. The summed E-state index contributed by atoms with van der Waals surface area (Å²) in [4.78, 5) is 39.6. The van der Waals surface area contributed by atoms with Gasteiger partial charge in [-0.1, -0.05) is 12.1 Å². The predicted molar refractivity (Wildman–Crippen MR) is 120 cm³/mol. The van der Waals surface area contributed by atoms with Gasteiger partial charge in [-0.2, -0.15) is 11.8 Å². The highest BCUT2D eigenvalue weighted by Crippen LogP contribution is 2.22. The Hall–Kier alpha value is -3.46. The van der Waals surface area contributed by atoms with Crippen molar-refractivity contribution >= 4 is 28.6 Å². The Morgan fingerprint density at radius 3 is 2.81 bits per heavy atom. The fourth-order valence-corrected chi connectivity index (χ4v) is 3.76. The monoisotopic (exact) mass is 437 g/mol. The SMILES string of the molecule is CSCCC(NC(=O)c1cc2c(F)cccc2[nH]1)c1cc(=O)[nH]c(-c2ccccn2)n1. The first-order valence-electron chi connectivity index (χ1n) is 9.65. The molecule has 1 amide bonds. The lowest BCUT2D eigenvalue weighted by Gasteiger charge is -2.18. The number of nitrogens with zero attached hydrogens (tertiary/aromatic N) is 2. The van der Waals surface area contributed by atoms with Gasteiger partial charge in [-0.25, -0.2) is 9.37 Å². The molecule has 4 aromatic rings. The Morgan fingerprint density at radius 1 is 1.19 bits per heavy atom. The van der Waals surface area contributed by atoms with Crippen LogP contribution in [-0.2, 0) is 0 Å². The molecule has 9 heteroatoms. The maximum atomic E-state index is 14.0. The van der Waals surface area contributed by atoms with E-state index in [0.717, 1.165) is 5.75 Å². The van der Waals surface area contributed by atoms with Gasteiger partial charge in [-0.3, -0.25) is 14.6 Å². The summed E-state index contributed by atoms with van der Waals surface area (Å²) < 4.78 is 14.0. The molecule has 4 rings (SSSR count). The second-order valence-corrected chi connectivity index (χ2v) is 7.91. The van der Waals surface area contributed by atoms with E-state index >= 15 is 0 Å². The summed E-state index contributed by atoms with van der Waals surface area (Å²) in [5.41, 5.74) is 1.42. The second kappa shape index (κ2) is 9.13. The van der Waals surface area contributed by atoms with Crippen molar-refractivity contribution in [2.45, 2.75) is 12.5 Å². The van der Waals surface area contributed by atoms with Crippen molar-refractivity contribution in [1.82, 2.24) is 25.3 Å². The van der Waals surface area contributed by atoms with E-state index in [0.29, 0.717) is 34.5 Å². The topological polar surface area (TPSA) is 104 Å². The fourth-order valence-electron chi connectivity index (χ4n) is 3.29. The number of thioether (sulfide) groups is 1. The first-order valence-corrected chi connectivity index (χ1v) is 11.0. The maximum absolute atomic E-state index is 14.0. The minimum absolute atomic E-state index is 0.240. The van der Waals surface area contributed by atoms with Crippen molar-refractivity contribution in [2.75, 3.05) is 12.0 Å². The predicted octanol–water partition coefficient (Wildman–Crippen LogP) is 3.68. The van der Waals surface area contributed by atoms with Crippen LogP contribution >= 0.6 is 11.8 Å². The minimum atomic E-state index is -0.499. The van der Waals surface area contributed by atoms with Crippen molar-refractivity contribution in [3.8, 4) is 11.5 Å². The molecule has 1 unspecified atom stereocenters. The van der Waals surface area contributed by atoms with E-state index in [-0.39, 0.29) is 11.3 Å². The van der Waals surface area contributed by atoms with E-state index in [1.807, 2.05) is 6.26 Å². The molecule has 158 valence electrons. The number of aromatic amines is 2. The van der Waals surface area contributed by atoms with Crippen LogP contribution in [0.2, 0.25) is 0 Å². The number of rotatable bonds is 7. The zero-order valence-electron chi connectivity index (χ0n) is 16.7. The quantitative estimate of drug-likeness (QED) is 0.409. The molecule has 0 aliphatic carbocycles. The number of carbonyl (C=O) groups excluding carboxylic acids is 1. The molecule has 1 atom stereocenters. The van der Waals surface area contributed by atoms with Crippen LogP contribution in [0, 0.1) is 5.82 Å². The van der Waals surface area contributed by atoms with Gasteiger partial charge in [0.25, 0.3) is 11.5 Å². The van der Waals surface area contributed by atoms with Crippen molar-refractivity contribution in [3.05, 3.63) is 82.3 Å². The van der Waals surface area contributed by atoms with Crippen LogP contribution in [0.15, 0.2) is 59.5 Å². The van der Waals surface area contributed by atoms with Crippen LogP contribution in [0.4, 0.5) is 4.39 Å². The van der Waals surface area contributed by atoms with Crippen molar-refractivity contribution in [2.24, 2.45) is 0 Å². The minimum Gasteiger partial charge on any atom is -0.350 e. The Bertz CT molecular complexity index is 1270. The van der Waals surface area contributed by atoms with Crippen molar-refractivity contribution in [1.29, 1.82) is 0 Å². The number of nitrogens with one attached hydrogen (secondary N) is 3. The highest BCUT2D eigenvalue weighted by molar-refractivity contribution is 7.98.